The lowest BCUT2D eigenvalue weighted by atomic mass is 9.92. The molecule has 3 atom stereocenters. The van der Waals surface area contributed by atoms with E-state index in [1.807, 2.05) is 54.6 Å². The number of nitrogens with zero attached hydrogens (tertiary/aromatic N) is 1. The van der Waals surface area contributed by atoms with E-state index >= 15 is 0 Å². The van der Waals surface area contributed by atoms with Gasteiger partial charge in [-0.25, -0.2) is 0 Å². The molecule has 0 bridgehead atoms. The lowest BCUT2D eigenvalue weighted by Crippen LogP contribution is -2.39. The summed E-state index contributed by atoms with van der Waals surface area (Å²) in [5.74, 6) is 0.137. The molecule has 5 heteroatoms. The van der Waals surface area contributed by atoms with Crippen LogP contribution in [0.4, 0.5) is 5.69 Å². The van der Waals surface area contributed by atoms with Crippen molar-refractivity contribution in [2.24, 2.45) is 0 Å². The summed E-state index contributed by atoms with van der Waals surface area (Å²) in [4.78, 5) is 14.9. The van der Waals surface area contributed by atoms with Crippen LogP contribution in [0.15, 0.2) is 54.6 Å². The van der Waals surface area contributed by atoms with Gasteiger partial charge in [0, 0.05) is 19.2 Å². The Balaban J connectivity index is 1.81. The molecule has 2 N–H and O–H groups in total. The first-order valence-corrected chi connectivity index (χ1v) is 9.00. The number of nitrogens with two attached hydrogens (primary N) is 1. The summed E-state index contributed by atoms with van der Waals surface area (Å²) in [7, 11) is 1.56. The van der Waals surface area contributed by atoms with E-state index in [-0.39, 0.29) is 17.9 Å². The Kier molecular flexibility index (Phi) is 5.91. The van der Waals surface area contributed by atoms with Crippen LogP contribution in [0, 0.1) is 0 Å². The monoisotopic (exact) mass is 354 g/mol. The SMILES string of the molecule is CC[C@H](CC(=O)N1C(OC)OCC1c1ccccc1)c1cccc(N)c1. The summed E-state index contributed by atoms with van der Waals surface area (Å²) in [5.41, 5.74) is 8.77. The zero-order valence-electron chi connectivity index (χ0n) is 15.3. The van der Waals surface area contributed by atoms with Crippen molar-refractivity contribution in [1.29, 1.82) is 0 Å². The smallest absolute Gasteiger partial charge is 0.243 e. The van der Waals surface area contributed by atoms with Crippen molar-refractivity contribution in [3.63, 3.8) is 0 Å². The van der Waals surface area contributed by atoms with Gasteiger partial charge in [0.1, 0.15) is 0 Å². The van der Waals surface area contributed by atoms with Gasteiger partial charge >= 0.3 is 0 Å². The third kappa shape index (κ3) is 3.89. The van der Waals surface area contributed by atoms with Crippen LogP contribution in [0.1, 0.15) is 42.9 Å². The summed E-state index contributed by atoms with van der Waals surface area (Å²) in [6.07, 6.45) is 0.607. The summed E-state index contributed by atoms with van der Waals surface area (Å²) >= 11 is 0. The second kappa shape index (κ2) is 8.34. The Morgan fingerprint density at radius 2 is 2.04 bits per heavy atom. The molecule has 0 spiro atoms. The van der Waals surface area contributed by atoms with Crippen LogP contribution in [0.5, 0.6) is 0 Å². The Morgan fingerprint density at radius 3 is 2.69 bits per heavy atom. The molecule has 3 rings (SSSR count). The summed E-state index contributed by atoms with van der Waals surface area (Å²) in [6.45, 7) is 2.52. The van der Waals surface area contributed by atoms with Gasteiger partial charge < -0.3 is 15.2 Å². The van der Waals surface area contributed by atoms with Gasteiger partial charge in [-0.15, -0.1) is 0 Å². The van der Waals surface area contributed by atoms with E-state index in [0.29, 0.717) is 13.0 Å². The number of hydrogen-bond donors (Lipinski definition) is 1. The molecule has 2 aromatic carbocycles. The maximum atomic E-state index is 13.2. The first-order chi connectivity index (χ1) is 12.6. The molecule has 1 aliphatic heterocycles. The number of nitrogen functional groups attached to an aromatic ring is 1. The van der Waals surface area contributed by atoms with Crippen LogP contribution in [0.3, 0.4) is 0 Å². The van der Waals surface area contributed by atoms with Gasteiger partial charge in [0.15, 0.2) is 0 Å². The van der Waals surface area contributed by atoms with Crippen LogP contribution in [-0.2, 0) is 14.3 Å². The third-order valence-corrected chi connectivity index (χ3v) is 4.93. The topological polar surface area (TPSA) is 64.8 Å². The largest absolute Gasteiger partial charge is 0.399 e. The van der Waals surface area contributed by atoms with Crippen LogP contribution >= 0.6 is 0 Å². The maximum absolute atomic E-state index is 13.2. The second-order valence-electron chi connectivity index (χ2n) is 6.58. The van der Waals surface area contributed by atoms with Crippen molar-refractivity contribution in [1.82, 2.24) is 4.90 Å². The third-order valence-electron chi connectivity index (χ3n) is 4.93. The minimum absolute atomic E-state index is 0.0254. The first-order valence-electron chi connectivity index (χ1n) is 9.00. The minimum Gasteiger partial charge on any atom is -0.399 e. The number of methoxy groups -OCH3 is 1. The molecule has 0 aromatic heterocycles. The number of ether oxygens (including phenoxy) is 2. The van der Waals surface area contributed by atoms with Crippen molar-refractivity contribution >= 4 is 11.6 Å². The molecule has 26 heavy (non-hydrogen) atoms. The maximum Gasteiger partial charge on any atom is 0.243 e. The molecule has 1 heterocycles. The van der Waals surface area contributed by atoms with Crippen LogP contribution < -0.4 is 5.73 Å². The Hall–Kier alpha value is -2.37. The molecule has 2 unspecified atom stereocenters. The second-order valence-corrected chi connectivity index (χ2v) is 6.58. The lowest BCUT2D eigenvalue weighted by Gasteiger charge is -2.29. The number of benzene rings is 2. The fraction of sp³-hybridized carbons (Fsp3) is 0.381. The molecule has 1 aliphatic rings. The van der Waals surface area contributed by atoms with Crippen LogP contribution in [0.25, 0.3) is 0 Å². The quantitative estimate of drug-likeness (QED) is 0.804. The number of rotatable bonds is 6. The van der Waals surface area contributed by atoms with Crippen LogP contribution in [0.2, 0.25) is 0 Å². The van der Waals surface area contributed by atoms with E-state index in [2.05, 4.69) is 6.92 Å². The fourth-order valence-electron chi connectivity index (χ4n) is 3.51. The summed E-state index contributed by atoms with van der Waals surface area (Å²) < 4.78 is 11.1. The van der Waals surface area contributed by atoms with E-state index in [4.69, 9.17) is 15.2 Å². The molecule has 1 saturated heterocycles. The number of anilines is 1. The van der Waals surface area contributed by atoms with Gasteiger partial charge in [-0.3, -0.25) is 9.69 Å². The molecular weight excluding hydrogens is 328 g/mol. The molecule has 138 valence electrons. The van der Waals surface area contributed by atoms with Gasteiger partial charge in [-0.2, -0.15) is 0 Å². The minimum atomic E-state index is -0.647. The average molecular weight is 354 g/mol. The van der Waals surface area contributed by atoms with Crippen molar-refractivity contribution in [2.45, 2.75) is 38.1 Å². The van der Waals surface area contributed by atoms with Gasteiger partial charge in [0.25, 0.3) is 0 Å². The molecule has 2 aromatic rings. The zero-order valence-corrected chi connectivity index (χ0v) is 15.3. The Labute approximate surface area is 154 Å². The molecule has 1 fully saturated rings. The normalized spacial score (nSPS) is 20.9. The number of carbonyl (C=O) groups is 1. The first kappa shape index (κ1) is 18.4. The fourth-order valence-corrected chi connectivity index (χ4v) is 3.51. The summed E-state index contributed by atoms with van der Waals surface area (Å²) in [5, 5.41) is 0. The number of hydrogen-bond acceptors (Lipinski definition) is 4. The predicted molar refractivity (Wildman–Crippen MR) is 101 cm³/mol. The Morgan fingerprint density at radius 1 is 1.27 bits per heavy atom. The average Bonchev–Trinajstić information content (AvgIpc) is 3.11. The highest BCUT2D eigenvalue weighted by Crippen LogP contribution is 2.34. The van der Waals surface area contributed by atoms with Gasteiger partial charge in [0.2, 0.25) is 12.3 Å². The molecule has 1 amide bonds. The van der Waals surface area contributed by atoms with E-state index in [0.717, 1.165) is 23.2 Å². The molecular formula is C21H26N2O3. The van der Waals surface area contributed by atoms with Crippen LogP contribution in [-0.4, -0.2) is 30.9 Å². The van der Waals surface area contributed by atoms with Gasteiger partial charge in [-0.1, -0.05) is 49.4 Å². The van der Waals surface area contributed by atoms with Gasteiger partial charge in [0.05, 0.1) is 12.6 Å². The van der Waals surface area contributed by atoms with Crippen molar-refractivity contribution in [2.75, 3.05) is 19.5 Å². The van der Waals surface area contributed by atoms with Crippen molar-refractivity contribution in [3.8, 4) is 0 Å². The highest BCUT2D eigenvalue weighted by Gasteiger charge is 2.39. The standard InChI is InChI=1S/C21H26N2O3/c1-3-15(17-10-7-11-18(22)12-17)13-20(24)23-19(14-26-21(23)25-2)16-8-5-4-6-9-16/h4-12,15,19,21H,3,13-14,22H2,1-2H3/t15-,19?,21?/m1/s1. The summed E-state index contributed by atoms with van der Waals surface area (Å²) in [6, 6.07) is 17.6. The van der Waals surface area contributed by atoms with E-state index < -0.39 is 6.41 Å². The molecule has 0 radical (unpaired) electrons. The molecule has 5 nitrogen and oxygen atoms in total. The zero-order chi connectivity index (χ0) is 18.5. The van der Waals surface area contributed by atoms with E-state index in [1.165, 1.54) is 0 Å². The lowest BCUT2D eigenvalue weighted by molar-refractivity contribution is -0.176. The predicted octanol–water partition coefficient (Wildman–Crippen LogP) is 3.68. The highest BCUT2D eigenvalue weighted by atomic mass is 16.7. The number of amides is 1. The molecule has 0 aliphatic carbocycles. The molecule has 0 saturated carbocycles. The van der Waals surface area contributed by atoms with Gasteiger partial charge in [-0.05, 0) is 35.6 Å². The Bertz CT molecular complexity index is 735. The van der Waals surface area contributed by atoms with Crippen molar-refractivity contribution < 1.29 is 14.3 Å². The van der Waals surface area contributed by atoms with Crippen molar-refractivity contribution in [3.05, 3.63) is 65.7 Å². The highest BCUT2D eigenvalue weighted by molar-refractivity contribution is 5.78. The van der Waals surface area contributed by atoms with E-state index in [1.54, 1.807) is 12.0 Å². The number of carbonyl (C=O) groups excluding carboxylic acids is 1. The van der Waals surface area contributed by atoms with E-state index in [9.17, 15) is 4.79 Å².